The minimum absolute atomic E-state index is 0.0698. The normalized spacial score (nSPS) is 19.8. The van der Waals surface area contributed by atoms with Crippen molar-refractivity contribution in [1.29, 1.82) is 0 Å². The molecule has 1 aliphatic heterocycles. The maximum absolute atomic E-state index is 12.0. The zero-order valence-corrected chi connectivity index (χ0v) is 10.9. The van der Waals surface area contributed by atoms with Crippen molar-refractivity contribution >= 4 is 5.91 Å². The van der Waals surface area contributed by atoms with Crippen LogP contribution in [0, 0.1) is 6.92 Å². The summed E-state index contributed by atoms with van der Waals surface area (Å²) < 4.78 is 7.15. The highest BCUT2D eigenvalue weighted by molar-refractivity contribution is 5.95. The van der Waals surface area contributed by atoms with Gasteiger partial charge in [-0.05, 0) is 13.8 Å². The Bertz CT molecular complexity index is 410. The molecule has 2 heterocycles. The summed E-state index contributed by atoms with van der Waals surface area (Å²) in [4.78, 5) is 12.0. The van der Waals surface area contributed by atoms with Gasteiger partial charge in [-0.1, -0.05) is 0 Å². The molecule has 1 aromatic heterocycles. The highest BCUT2D eigenvalue weighted by Gasteiger charge is 2.17. The van der Waals surface area contributed by atoms with Gasteiger partial charge in [0.15, 0.2) is 0 Å². The van der Waals surface area contributed by atoms with Crippen molar-refractivity contribution in [3.05, 3.63) is 17.5 Å². The summed E-state index contributed by atoms with van der Waals surface area (Å²) in [5.74, 6) is -0.0698. The molecule has 1 atom stereocenters. The van der Waals surface area contributed by atoms with Crippen molar-refractivity contribution in [3.8, 4) is 0 Å². The van der Waals surface area contributed by atoms with Crippen LogP contribution in [0.4, 0.5) is 0 Å². The summed E-state index contributed by atoms with van der Waals surface area (Å²) in [6, 6.07) is 0.198. The number of hydrogen-bond donors (Lipinski definition) is 2. The van der Waals surface area contributed by atoms with Crippen LogP contribution in [0.15, 0.2) is 6.20 Å². The van der Waals surface area contributed by atoms with Gasteiger partial charge in [-0.25, -0.2) is 0 Å². The van der Waals surface area contributed by atoms with Crippen LogP contribution in [0.3, 0.4) is 0 Å². The van der Waals surface area contributed by atoms with E-state index >= 15 is 0 Å². The molecule has 0 aliphatic carbocycles. The van der Waals surface area contributed by atoms with Crippen LogP contribution in [0.2, 0.25) is 0 Å². The summed E-state index contributed by atoms with van der Waals surface area (Å²) in [5.41, 5.74) is 1.55. The Morgan fingerprint density at radius 3 is 3.17 bits per heavy atom. The number of hydrogen-bond acceptors (Lipinski definition) is 4. The van der Waals surface area contributed by atoms with Gasteiger partial charge in [0.2, 0.25) is 0 Å². The molecule has 0 radical (unpaired) electrons. The predicted molar refractivity (Wildman–Crippen MR) is 67.6 cm³/mol. The third-order valence-corrected chi connectivity index (χ3v) is 3.15. The Labute approximate surface area is 107 Å². The average molecular weight is 252 g/mol. The molecule has 0 spiro atoms. The van der Waals surface area contributed by atoms with Crippen LogP contribution in [-0.2, 0) is 11.3 Å². The van der Waals surface area contributed by atoms with Gasteiger partial charge in [-0.15, -0.1) is 0 Å². The fraction of sp³-hybridized carbons (Fsp3) is 0.667. The van der Waals surface area contributed by atoms with Gasteiger partial charge in [0.05, 0.1) is 25.0 Å². The molecule has 100 valence electrons. The fourth-order valence-electron chi connectivity index (χ4n) is 2.05. The minimum atomic E-state index is -0.0698. The number of aromatic nitrogens is 2. The monoisotopic (exact) mass is 252 g/mol. The van der Waals surface area contributed by atoms with Crippen molar-refractivity contribution in [2.24, 2.45) is 0 Å². The minimum Gasteiger partial charge on any atom is -0.378 e. The summed E-state index contributed by atoms with van der Waals surface area (Å²) in [7, 11) is 0. The zero-order valence-electron chi connectivity index (χ0n) is 10.9. The highest BCUT2D eigenvalue weighted by atomic mass is 16.5. The first-order chi connectivity index (χ1) is 8.72. The summed E-state index contributed by atoms with van der Waals surface area (Å²) in [6.45, 7) is 7.50. The van der Waals surface area contributed by atoms with E-state index in [-0.39, 0.29) is 11.9 Å². The van der Waals surface area contributed by atoms with Crippen LogP contribution in [0.25, 0.3) is 0 Å². The Kier molecular flexibility index (Phi) is 4.33. The molecule has 1 fully saturated rings. The van der Waals surface area contributed by atoms with E-state index in [0.29, 0.717) is 18.7 Å². The molecule has 2 N–H and O–H groups in total. The maximum atomic E-state index is 12.0. The third kappa shape index (κ3) is 2.88. The molecule has 2 rings (SSSR count). The second-order valence-electron chi connectivity index (χ2n) is 4.40. The Balaban J connectivity index is 1.88. The van der Waals surface area contributed by atoms with Crippen LogP contribution < -0.4 is 10.6 Å². The van der Waals surface area contributed by atoms with Crippen molar-refractivity contribution in [1.82, 2.24) is 20.4 Å². The molecule has 0 saturated carbocycles. The molecule has 0 aromatic carbocycles. The first-order valence-corrected chi connectivity index (χ1v) is 6.34. The molecule has 1 aliphatic rings. The van der Waals surface area contributed by atoms with Gasteiger partial charge in [-0.2, -0.15) is 5.10 Å². The predicted octanol–water partition coefficient (Wildman–Crippen LogP) is -0.0704. The van der Waals surface area contributed by atoms with Crippen LogP contribution >= 0.6 is 0 Å². The second-order valence-corrected chi connectivity index (χ2v) is 4.40. The smallest absolute Gasteiger partial charge is 0.254 e. The molecule has 6 nitrogen and oxygen atoms in total. The molecule has 1 saturated heterocycles. The standard InChI is InChI=1S/C12H20N4O2/c1-3-16-9(2)11(7-15-16)12(17)14-6-10-8-18-5-4-13-10/h7,10,13H,3-6,8H2,1-2H3,(H,14,17). The van der Waals surface area contributed by atoms with Gasteiger partial charge < -0.3 is 15.4 Å². The molecule has 0 bridgehead atoms. The quantitative estimate of drug-likeness (QED) is 0.787. The lowest BCUT2D eigenvalue weighted by molar-refractivity contribution is 0.0734. The lowest BCUT2D eigenvalue weighted by Crippen LogP contribution is -2.48. The topological polar surface area (TPSA) is 68.2 Å². The number of ether oxygens (including phenoxy) is 1. The first-order valence-electron chi connectivity index (χ1n) is 6.34. The second kappa shape index (κ2) is 5.97. The van der Waals surface area contributed by atoms with E-state index in [4.69, 9.17) is 4.74 Å². The number of carbonyl (C=O) groups excluding carboxylic acids is 1. The summed E-state index contributed by atoms with van der Waals surface area (Å²) in [5, 5.41) is 10.4. The molecule has 1 unspecified atom stereocenters. The lowest BCUT2D eigenvalue weighted by atomic mass is 10.2. The van der Waals surface area contributed by atoms with Gasteiger partial charge in [-0.3, -0.25) is 9.48 Å². The van der Waals surface area contributed by atoms with Crippen molar-refractivity contribution in [3.63, 3.8) is 0 Å². The summed E-state index contributed by atoms with van der Waals surface area (Å²) >= 11 is 0. The van der Waals surface area contributed by atoms with E-state index in [1.165, 1.54) is 0 Å². The third-order valence-electron chi connectivity index (χ3n) is 3.15. The molecular formula is C12H20N4O2. The molecular weight excluding hydrogens is 232 g/mol. The Hall–Kier alpha value is -1.40. The number of nitrogens with zero attached hydrogens (tertiary/aromatic N) is 2. The SMILES string of the molecule is CCn1ncc(C(=O)NCC2COCCN2)c1C. The van der Waals surface area contributed by atoms with Gasteiger partial charge in [0.25, 0.3) is 5.91 Å². The Morgan fingerprint density at radius 2 is 2.56 bits per heavy atom. The number of morpholine rings is 1. The van der Waals surface area contributed by atoms with Crippen LogP contribution in [0.5, 0.6) is 0 Å². The average Bonchev–Trinajstić information content (AvgIpc) is 2.78. The number of rotatable bonds is 4. The molecule has 18 heavy (non-hydrogen) atoms. The van der Waals surface area contributed by atoms with Crippen LogP contribution in [0.1, 0.15) is 23.0 Å². The first kappa shape index (κ1) is 13.0. The highest BCUT2D eigenvalue weighted by Crippen LogP contribution is 2.06. The molecule has 1 amide bonds. The Morgan fingerprint density at radius 1 is 1.72 bits per heavy atom. The lowest BCUT2D eigenvalue weighted by Gasteiger charge is -2.23. The maximum Gasteiger partial charge on any atom is 0.254 e. The van der Waals surface area contributed by atoms with E-state index in [9.17, 15) is 4.79 Å². The van der Waals surface area contributed by atoms with Crippen molar-refractivity contribution < 1.29 is 9.53 Å². The van der Waals surface area contributed by atoms with Gasteiger partial charge in [0.1, 0.15) is 0 Å². The largest absolute Gasteiger partial charge is 0.378 e. The van der Waals surface area contributed by atoms with Gasteiger partial charge >= 0.3 is 0 Å². The van der Waals surface area contributed by atoms with E-state index in [0.717, 1.165) is 25.4 Å². The number of nitrogens with one attached hydrogen (secondary N) is 2. The van der Waals surface area contributed by atoms with E-state index in [1.807, 2.05) is 18.5 Å². The van der Waals surface area contributed by atoms with E-state index < -0.39 is 0 Å². The van der Waals surface area contributed by atoms with E-state index in [2.05, 4.69) is 15.7 Å². The van der Waals surface area contributed by atoms with Crippen LogP contribution in [-0.4, -0.2) is 48.0 Å². The van der Waals surface area contributed by atoms with E-state index in [1.54, 1.807) is 6.20 Å². The molecule has 1 aromatic rings. The number of aryl methyl sites for hydroxylation is 1. The van der Waals surface area contributed by atoms with Crippen molar-refractivity contribution in [2.45, 2.75) is 26.4 Å². The van der Waals surface area contributed by atoms with Crippen molar-refractivity contribution in [2.75, 3.05) is 26.3 Å². The molecule has 6 heteroatoms. The fourth-order valence-corrected chi connectivity index (χ4v) is 2.05. The summed E-state index contributed by atoms with van der Waals surface area (Å²) in [6.07, 6.45) is 1.62. The number of carbonyl (C=O) groups is 1. The van der Waals surface area contributed by atoms with Gasteiger partial charge in [0, 0.05) is 31.4 Å². The zero-order chi connectivity index (χ0) is 13.0. The number of amides is 1.